The van der Waals surface area contributed by atoms with Crippen LogP contribution in [0.25, 0.3) is 0 Å². The lowest BCUT2D eigenvalue weighted by atomic mass is 10.1. The summed E-state index contributed by atoms with van der Waals surface area (Å²) in [5.74, 6) is -2.51. The van der Waals surface area contributed by atoms with E-state index in [0.29, 0.717) is 0 Å². The molecule has 2 nitrogen and oxygen atoms in total. The average molecular weight is 198 g/mol. The fourth-order valence-electron chi connectivity index (χ4n) is 1.69. The number of halogens is 2. The van der Waals surface area contributed by atoms with Gasteiger partial charge in [0.1, 0.15) is 0 Å². The molecule has 0 N–H and O–H groups in total. The molecule has 0 saturated carbocycles. The van der Waals surface area contributed by atoms with Crippen molar-refractivity contribution in [1.29, 1.82) is 0 Å². The molecule has 1 aliphatic rings. The largest absolute Gasteiger partial charge is 0.359 e. The number of rotatable bonds is 1. The second kappa shape index (κ2) is 2.90. The third-order valence-corrected chi connectivity index (χ3v) is 2.28. The summed E-state index contributed by atoms with van der Waals surface area (Å²) in [6, 6.07) is 3.67. The van der Waals surface area contributed by atoms with Crippen molar-refractivity contribution in [3.8, 4) is 0 Å². The Morgan fingerprint density at radius 1 is 1.21 bits per heavy atom. The number of hydrogen-bond donors (Lipinski definition) is 0. The summed E-state index contributed by atoms with van der Waals surface area (Å²) in [4.78, 5) is 5.87. The van der Waals surface area contributed by atoms with Gasteiger partial charge in [0, 0.05) is 17.1 Å². The van der Waals surface area contributed by atoms with Crippen molar-refractivity contribution in [2.45, 2.75) is 19.8 Å². The summed E-state index contributed by atoms with van der Waals surface area (Å²) in [6.45, 7) is 3.40. The van der Waals surface area contributed by atoms with Gasteiger partial charge in [-0.15, -0.1) is 0 Å². The lowest BCUT2D eigenvalue weighted by Crippen LogP contribution is -2.56. The molecule has 0 aliphatic carbocycles. The average Bonchev–Trinajstić information content (AvgIpc) is 1.97. The summed E-state index contributed by atoms with van der Waals surface area (Å²) in [5, 5.41) is 0. The maximum absolute atomic E-state index is 12.6. The van der Waals surface area contributed by atoms with Gasteiger partial charge in [-0.1, -0.05) is 0 Å². The molecule has 0 unspecified atom stereocenters. The molecule has 1 aliphatic heterocycles. The Bertz CT molecular complexity index is 335. The van der Waals surface area contributed by atoms with Crippen LogP contribution in [0.2, 0.25) is 0 Å². The summed E-state index contributed by atoms with van der Waals surface area (Å²) in [5.41, 5.74) is 2.59. The van der Waals surface area contributed by atoms with Crippen LogP contribution in [0.4, 0.5) is 14.5 Å². The minimum atomic E-state index is -2.51. The van der Waals surface area contributed by atoms with Crippen LogP contribution in [0.1, 0.15) is 11.4 Å². The van der Waals surface area contributed by atoms with E-state index >= 15 is 0 Å². The summed E-state index contributed by atoms with van der Waals surface area (Å²) >= 11 is 0. The Morgan fingerprint density at radius 3 is 2.14 bits per heavy atom. The molecule has 1 aromatic rings. The second-order valence-electron chi connectivity index (χ2n) is 3.82. The van der Waals surface area contributed by atoms with Crippen molar-refractivity contribution < 1.29 is 8.78 Å². The van der Waals surface area contributed by atoms with Crippen LogP contribution in [0, 0.1) is 13.8 Å². The second-order valence-corrected chi connectivity index (χ2v) is 3.82. The van der Waals surface area contributed by atoms with Gasteiger partial charge >= 0.3 is 0 Å². The standard InChI is InChI=1S/C10H12F2N2/c1-7-3-9(4-8(2)13-7)14-5-10(11,12)6-14/h3-4H,5-6H2,1-2H3. The van der Waals surface area contributed by atoms with Crippen LogP contribution < -0.4 is 4.90 Å². The van der Waals surface area contributed by atoms with Gasteiger partial charge < -0.3 is 4.90 Å². The number of anilines is 1. The number of nitrogens with zero attached hydrogens (tertiary/aromatic N) is 2. The minimum Gasteiger partial charge on any atom is -0.359 e. The lowest BCUT2D eigenvalue weighted by molar-refractivity contribution is -0.0262. The Hall–Kier alpha value is -1.19. The van der Waals surface area contributed by atoms with Crippen LogP contribution in [-0.2, 0) is 0 Å². The number of alkyl halides is 2. The molecular weight excluding hydrogens is 186 g/mol. The highest BCUT2D eigenvalue weighted by atomic mass is 19.3. The first-order chi connectivity index (χ1) is 6.46. The zero-order valence-electron chi connectivity index (χ0n) is 8.22. The van der Waals surface area contributed by atoms with E-state index in [1.807, 2.05) is 26.0 Å². The van der Waals surface area contributed by atoms with Gasteiger partial charge in [-0.2, -0.15) is 0 Å². The monoisotopic (exact) mass is 198 g/mol. The Morgan fingerprint density at radius 2 is 1.71 bits per heavy atom. The molecule has 0 spiro atoms. The molecule has 0 aromatic carbocycles. The van der Waals surface area contributed by atoms with Crippen molar-refractivity contribution in [1.82, 2.24) is 4.98 Å². The number of pyridine rings is 1. The molecule has 0 amide bonds. The first kappa shape index (κ1) is 9.37. The zero-order valence-corrected chi connectivity index (χ0v) is 8.22. The predicted molar refractivity (Wildman–Crippen MR) is 50.9 cm³/mol. The van der Waals surface area contributed by atoms with Crippen LogP contribution in [0.3, 0.4) is 0 Å². The molecule has 0 radical (unpaired) electrons. The van der Waals surface area contributed by atoms with Crippen LogP contribution in [0.5, 0.6) is 0 Å². The van der Waals surface area contributed by atoms with Crippen molar-refractivity contribution >= 4 is 5.69 Å². The molecule has 14 heavy (non-hydrogen) atoms. The highest BCUT2D eigenvalue weighted by Crippen LogP contribution is 2.31. The van der Waals surface area contributed by atoms with Crippen molar-refractivity contribution in [2.24, 2.45) is 0 Å². The Balaban J connectivity index is 2.18. The first-order valence-electron chi connectivity index (χ1n) is 4.54. The van der Waals surface area contributed by atoms with Gasteiger partial charge in [-0.3, -0.25) is 4.98 Å². The third-order valence-electron chi connectivity index (χ3n) is 2.28. The fraction of sp³-hybridized carbons (Fsp3) is 0.500. The van der Waals surface area contributed by atoms with E-state index < -0.39 is 5.92 Å². The van der Waals surface area contributed by atoms with Crippen LogP contribution in [0.15, 0.2) is 12.1 Å². The molecule has 76 valence electrons. The third kappa shape index (κ3) is 1.69. The van der Waals surface area contributed by atoms with E-state index in [-0.39, 0.29) is 13.1 Å². The van der Waals surface area contributed by atoms with E-state index in [1.54, 1.807) is 4.90 Å². The molecular formula is C10H12F2N2. The Kier molecular flexibility index (Phi) is 1.94. The minimum absolute atomic E-state index is 0.171. The van der Waals surface area contributed by atoms with E-state index in [1.165, 1.54) is 0 Å². The number of hydrogen-bond acceptors (Lipinski definition) is 2. The van der Waals surface area contributed by atoms with Gasteiger partial charge in [0.2, 0.25) is 0 Å². The van der Waals surface area contributed by atoms with Crippen LogP contribution >= 0.6 is 0 Å². The smallest absolute Gasteiger partial charge is 0.282 e. The van der Waals surface area contributed by atoms with E-state index in [4.69, 9.17) is 0 Å². The quantitative estimate of drug-likeness (QED) is 0.687. The summed E-state index contributed by atoms with van der Waals surface area (Å²) in [7, 11) is 0. The Labute approximate surface area is 81.6 Å². The normalized spacial score (nSPS) is 19.3. The van der Waals surface area contributed by atoms with E-state index in [2.05, 4.69) is 4.98 Å². The molecule has 1 aromatic heterocycles. The molecule has 4 heteroatoms. The van der Waals surface area contributed by atoms with Crippen LogP contribution in [-0.4, -0.2) is 24.0 Å². The molecule has 1 saturated heterocycles. The topological polar surface area (TPSA) is 16.1 Å². The van der Waals surface area contributed by atoms with E-state index in [9.17, 15) is 8.78 Å². The number of aromatic nitrogens is 1. The van der Waals surface area contributed by atoms with E-state index in [0.717, 1.165) is 17.1 Å². The number of aryl methyl sites for hydroxylation is 2. The van der Waals surface area contributed by atoms with Gasteiger partial charge in [0.15, 0.2) is 0 Å². The fourth-order valence-corrected chi connectivity index (χ4v) is 1.69. The van der Waals surface area contributed by atoms with Gasteiger partial charge in [0.05, 0.1) is 13.1 Å². The predicted octanol–water partition coefficient (Wildman–Crippen LogP) is 2.15. The summed E-state index contributed by atoms with van der Waals surface area (Å²) < 4.78 is 25.2. The summed E-state index contributed by atoms with van der Waals surface area (Å²) in [6.07, 6.45) is 0. The van der Waals surface area contributed by atoms with Crippen molar-refractivity contribution in [3.05, 3.63) is 23.5 Å². The molecule has 2 rings (SSSR count). The maximum atomic E-state index is 12.6. The van der Waals surface area contributed by atoms with Crippen molar-refractivity contribution in [3.63, 3.8) is 0 Å². The molecule has 1 fully saturated rings. The highest BCUT2D eigenvalue weighted by Gasteiger charge is 2.43. The lowest BCUT2D eigenvalue weighted by Gasteiger charge is -2.40. The highest BCUT2D eigenvalue weighted by molar-refractivity contribution is 5.51. The van der Waals surface area contributed by atoms with Gasteiger partial charge in [0.25, 0.3) is 5.92 Å². The van der Waals surface area contributed by atoms with Gasteiger partial charge in [-0.05, 0) is 26.0 Å². The van der Waals surface area contributed by atoms with Crippen molar-refractivity contribution in [2.75, 3.05) is 18.0 Å². The molecule has 0 atom stereocenters. The first-order valence-corrected chi connectivity index (χ1v) is 4.54. The SMILES string of the molecule is Cc1cc(N2CC(F)(F)C2)cc(C)n1. The zero-order chi connectivity index (χ0) is 10.3. The maximum Gasteiger partial charge on any atom is 0.282 e. The molecule has 2 heterocycles. The van der Waals surface area contributed by atoms with Gasteiger partial charge in [-0.25, -0.2) is 8.78 Å². The molecule has 0 bridgehead atoms.